The van der Waals surface area contributed by atoms with Crippen molar-refractivity contribution in [3.63, 3.8) is 0 Å². The molecule has 0 aliphatic heterocycles. The monoisotopic (exact) mass is 262 g/mol. The van der Waals surface area contributed by atoms with Crippen LogP contribution in [0.25, 0.3) is 11.4 Å². The fourth-order valence-electron chi connectivity index (χ4n) is 1.60. The minimum atomic E-state index is 0.214. The average molecular weight is 263 g/mol. The van der Waals surface area contributed by atoms with Crippen molar-refractivity contribution < 1.29 is 0 Å². The number of halogens is 1. The van der Waals surface area contributed by atoms with Gasteiger partial charge < -0.3 is 4.90 Å². The van der Waals surface area contributed by atoms with Gasteiger partial charge in [-0.15, -0.1) is 0 Å². The molecule has 2 aromatic rings. The predicted octanol–water partition coefficient (Wildman–Crippen LogP) is 2.82. The minimum absolute atomic E-state index is 0.214. The summed E-state index contributed by atoms with van der Waals surface area (Å²) in [7, 11) is 3.75. The molecule has 0 saturated carbocycles. The highest BCUT2D eigenvalue weighted by Crippen LogP contribution is 2.20. The van der Waals surface area contributed by atoms with Gasteiger partial charge in [0.15, 0.2) is 5.82 Å². The van der Waals surface area contributed by atoms with Crippen molar-refractivity contribution >= 4 is 17.5 Å². The number of hydrogen-bond acceptors (Lipinski definition) is 4. The standard InChI is InChI=1S/C13H15ClN4/c1-4-9-6-5-7-10(8-9)11-15-12(14)17-13(16-11)18(2)3/h5-8H,4H2,1-3H3. The van der Waals surface area contributed by atoms with E-state index in [9.17, 15) is 0 Å². The van der Waals surface area contributed by atoms with Gasteiger partial charge in [0.2, 0.25) is 11.2 Å². The van der Waals surface area contributed by atoms with Gasteiger partial charge >= 0.3 is 0 Å². The number of nitrogens with zero attached hydrogens (tertiary/aromatic N) is 4. The zero-order valence-corrected chi connectivity index (χ0v) is 11.4. The summed E-state index contributed by atoms with van der Waals surface area (Å²) in [6.07, 6.45) is 0.979. The molecule has 0 saturated heterocycles. The molecule has 4 nitrogen and oxygen atoms in total. The van der Waals surface area contributed by atoms with Gasteiger partial charge in [-0.25, -0.2) is 0 Å². The molecule has 2 rings (SSSR count). The topological polar surface area (TPSA) is 41.9 Å². The van der Waals surface area contributed by atoms with Crippen LogP contribution in [0, 0.1) is 0 Å². The third kappa shape index (κ3) is 2.76. The first-order valence-electron chi connectivity index (χ1n) is 5.78. The second-order valence-electron chi connectivity index (χ2n) is 4.18. The zero-order chi connectivity index (χ0) is 13.1. The summed E-state index contributed by atoms with van der Waals surface area (Å²) in [5, 5.41) is 0.214. The lowest BCUT2D eigenvalue weighted by Crippen LogP contribution is -2.13. The van der Waals surface area contributed by atoms with E-state index in [0.717, 1.165) is 12.0 Å². The molecular formula is C13H15ClN4. The van der Waals surface area contributed by atoms with E-state index in [1.54, 1.807) is 4.90 Å². The molecule has 0 aliphatic carbocycles. The number of benzene rings is 1. The number of rotatable bonds is 3. The second-order valence-corrected chi connectivity index (χ2v) is 4.51. The quantitative estimate of drug-likeness (QED) is 0.853. The molecule has 5 heteroatoms. The lowest BCUT2D eigenvalue weighted by Gasteiger charge is -2.11. The summed E-state index contributed by atoms with van der Waals surface area (Å²) >= 11 is 5.93. The Balaban J connectivity index is 2.49. The Labute approximate surface area is 112 Å². The van der Waals surface area contributed by atoms with E-state index < -0.39 is 0 Å². The van der Waals surface area contributed by atoms with Crippen molar-refractivity contribution in [1.29, 1.82) is 0 Å². The molecule has 0 unspecified atom stereocenters. The Morgan fingerprint density at radius 2 is 1.94 bits per heavy atom. The molecule has 0 N–H and O–H groups in total. The summed E-state index contributed by atoms with van der Waals surface area (Å²) in [6, 6.07) is 8.13. The molecular weight excluding hydrogens is 248 g/mol. The molecule has 0 radical (unpaired) electrons. The molecule has 18 heavy (non-hydrogen) atoms. The molecule has 0 amide bonds. The van der Waals surface area contributed by atoms with Gasteiger partial charge in [0.25, 0.3) is 0 Å². The van der Waals surface area contributed by atoms with Crippen molar-refractivity contribution in [2.24, 2.45) is 0 Å². The minimum Gasteiger partial charge on any atom is -0.347 e. The van der Waals surface area contributed by atoms with Crippen LogP contribution in [0.15, 0.2) is 24.3 Å². The first-order valence-corrected chi connectivity index (χ1v) is 6.16. The van der Waals surface area contributed by atoms with E-state index in [0.29, 0.717) is 11.8 Å². The van der Waals surface area contributed by atoms with E-state index in [-0.39, 0.29) is 5.28 Å². The van der Waals surface area contributed by atoms with Gasteiger partial charge in [0.05, 0.1) is 0 Å². The van der Waals surface area contributed by atoms with E-state index in [1.165, 1.54) is 5.56 Å². The van der Waals surface area contributed by atoms with E-state index in [1.807, 2.05) is 26.2 Å². The van der Waals surface area contributed by atoms with Crippen LogP contribution < -0.4 is 4.90 Å². The van der Waals surface area contributed by atoms with Crippen molar-refractivity contribution in [2.45, 2.75) is 13.3 Å². The lowest BCUT2D eigenvalue weighted by atomic mass is 10.1. The molecule has 0 spiro atoms. The molecule has 1 heterocycles. The van der Waals surface area contributed by atoms with Gasteiger partial charge in [-0.1, -0.05) is 25.1 Å². The molecule has 1 aromatic carbocycles. The summed E-state index contributed by atoms with van der Waals surface area (Å²) in [5.74, 6) is 1.17. The predicted molar refractivity (Wildman–Crippen MR) is 74.0 cm³/mol. The SMILES string of the molecule is CCc1cccc(-c2nc(Cl)nc(N(C)C)n2)c1. The van der Waals surface area contributed by atoms with Crippen LogP contribution in [-0.2, 0) is 6.42 Å². The summed E-state index contributed by atoms with van der Waals surface area (Å²) in [6.45, 7) is 2.12. The first kappa shape index (κ1) is 12.8. The summed E-state index contributed by atoms with van der Waals surface area (Å²) in [5.41, 5.74) is 2.21. The van der Waals surface area contributed by atoms with Crippen molar-refractivity contribution in [3.05, 3.63) is 35.1 Å². The van der Waals surface area contributed by atoms with Crippen LogP contribution in [-0.4, -0.2) is 29.0 Å². The van der Waals surface area contributed by atoms with E-state index >= 15 is 0 Å². The first-order chi connectivity index (χ1) is 8.60. The third-order valence-electron chi connectivity index (χ3n) is 2.59. The van der Waals surface area contributed by atoms with E-state index in [4.69, 9.17) is 11.6 Å². The highest BCUT2D eigenvalue weighted by Gasteiger charge is 2.08. The smallest absolute Gasteiger partial charge is 0.229 e. The van der Waals surface area contributed by atoms with Crippen molar-refractivity contribution in [1.82, 2.24) is 15.0 Å². The normalized spacial score (nSPS) is 10.4. The van der Waals surface area contributed by atoms with Gasteiger partial charge in [-0.3, -0.25) is 0 Å². The van der Waals surface area contributed by atoms with Gasteiger partial charge in [-0.2, -0.15) is 15.0 Å². The molecule has 1 aromatic heterocycles. The number of aryl methyl sites for hydroxylation is 1. The van der Waals surface area contributed by atoms with Crippen LogP contribution in [0.3, 0.4) is 0 Å². The van der Waals surface area contributed by atoms with Gasteiger partial charge in [-0.05, 0) is 29.7 Å². The molecule has 94 valence electrons. The van der Waals surface area contributed by atoms with Crippen LogP contribution >= 0.6 is 11.6 Å². The highest BCUT2D eigenvalue weighted by molar-refractivity contribution is 6.28. The lowest BCUT2D eigenvalue weighted by molar-refractivity contribution is 0.961. The third-order valence-corrected chi connectivity index (χ3v) is 2.76. The summed E-state index contributed by atoms with van der Waals surface area (Å²) < 4.78 is 0. The van der Waals surface area contributed by atoms with E-state index in [2.05, 4.69) is 34.0 Å². The van der Waals surface area contributed by atoms with Gasteiger partial charge in [0.1, 0.15) is 0 Å². The highest BCUT2D eigenvalue weighted by atomic mass is 35.5. The summed E-state index contributed by atoms with van der Waals surface area (Å²) in [4.78, 5) is 14.5. The van der Waals surface area contributed by atoms with Crippen LogP contribution in [0.2, 0.25) is 5.28 Å². The molecule has 0 bridgehead atoms. The largest absolute Gasteiger partial charge is 0.347 e. The maximum Gasteiger partial charge on any atom is 0.229 e. The fourth-order valence-corrected chi connectivity index (χ4v) is 1.75. The fraction of sp³-hybridized carbons (Fsp3) is 0.308. The Kier molecular flexibility index (Phi) is 3.77. The molecule has 0 aliphatic rings. The number of hydrogen-bond donors (Lipinski definition) is 0. The Bertz CT molecular complexity index is 554. The maximum atomic E-state index is 5.93. The number of aromatic nitrogens is 3. The maximum absolute atomic E-state index is 5.93. The Morgan fingerprint density at radius 3 is 2.61 bits per heavy atom. The van der Waals surface area contributed by atoms with Crippen molar-refractivity contribution in [2.75, 3.05) is 19.0 Å². The van der Waals surface area contributed by atoms with Crippen molar-refractivity contribution in [3.8, 4) is 11.4 Å². The zero-order valence-electron chi connectivity index (χ0n) is 10.7. The molecule has 0 atom stereocenters. The van der Waals surface area contributed by atoms with Crippen LogP contribution in [0.4, 0.5) is 5.95 Å². The van der Waals surface area contributed by atoms with Gasteiger partial charge in [0, 0.05) is 19.7 Å². The van der Waals surface area contributed by atoms with Crippen LogP contribution in [0.1, 0.15) is 12.5 Å². The Hall–Kier alpha value is -1.68. The second kappa shape index (κ2) is 5.31. The average Bonchev–Trinajstić information content (AvgIpc) is 2.38. The number of anilines is 1. The van der Waals surface area contributed by atoms with Crippen LogP contribution in [0.5, 0.6) is 0 Å². The molecule has 0 fully saturated rings. The Morgan fingerprint density at radius 1 is 1.17 bits per heavy atom.